The molecule has 0 saturated carbocycles. The van der Waals surface area contributed by atoms with Gasteiger partial charge in [0.25, 0.3) is 0 Å². The van der Waals surface area contributed by atoms with Gasteiger partial charge in [-0.2, -0.15) is 13.2 Å². The standard InChI is InChI=1S/C13H17ClF3N3O/c1-4-20(5-2)11(21)8-19(3)12-10(14)6-9(7-18-12)13(15,16)17/h6-7H,4-5,8H2,1-3H3. The number of amides is 1. The van der Waals surface area contributed by atoms with Gasteiger partial charge in [0.2, 0.25) is 5.91 Å². The molecule has 0 aliphatic rings. The number of rotatable bonds is 5. The van der Waals surface area contributed by atoms with E-state index in [9.17, 15) is 18.0 Å². The number of halogens is 4. The van der Waals surface area contributed by atoms with Crippen LogP contribution in [0.1, 0.15) is 19.4 Å². The highest BCUT2D eigenvalue weighted by atomic mass is 35.5. The van der Waals surface area contributed by atoms with Crippen LogP contribution in [0.5, 0.6) is 0 Å². The molecule has 118 valence electrons. The SMILES string of the molecule is CCN(CC)C(=O)CN(C)c1ncc(C(F)(F)F)cc1Cl. The van der Waals surface area contributed by atoms with Crippen molar-refractivity contribution in [2.75, 3.05) is 31.6 Å². The molecule has 0 radical (unpaired) electrons. The van der Waals surface area contributed by atoms with Gasteiger partial charge < -0.3 is 9.80 Å². The quantitative estimate of drug-likeness (QED) is 0.835. The Bertz CT molecular complexity index is 504. The maximum absolute atomic E-state index is 12.5. The molecule has 0 bridgehead atoms. The van der Waals surface area contributed by atoms with E-state index in [0.29, 0.717) is 19.3 Å². The minimum absolute atomic E-state index is 0.000234. The molecule has 8 heteroatoms. The second kappa shape index (κ2) is 6.98. The normalized spacial score (nSPS) is 11.4. The molecule has 0 aliphatic carbocycles. The molecule has 1 aromatic rings. The molecule has 1 amide bonds. The van der Waals surface area contributed by atoms with Crippen LogP contribution in [0.25, 0.3) is 0 Å². The maximum atomic E-state index is 12.5. The number of carbonyl (C=O) groups is 1. The van der Waals surface area contributed by atoms with Gasteiger partial charge in [-0.25, -0.2) is 4.98 Å². The van der Waals surface area contributed by atoms with E-state index in [2.05, 4.69) is 4.98 Å². The number of likely N-dealkylation sites (N-methyl/N-ethyl adjacent to an activating group) is 2. The van der Waals surface area contributed by atoms with E-state index < -0.39 is 11.7 Å². The number of anilines is 1. The Morgan fingerprint density at radius 2 is 1.90 bits per heavy atom. The van der Waals surface area contributed by atoms with Gasteiger partial charge in [0, 0.05) is 26.3 Å². The number of hydrogen-bond acceptors (Lipinski definition) is 3. The van der Waals surface area contributed by atoms with E-state index in [0.717, 1.165) is 6.07 Å². The van der Waals surface area contributed by atoms with Gasteiger partial charge in [-0.05, 0) is 19.9 Å². The number of nitrogens with zero attached hydrogens (tertiary/aromatic N) is 3. The van der Waals surface area contributed by atoms with E-state index in [4.69, 9.17) is 11.6 Å². The Morgan fingerprint density at radius 3 is 2.33 bits per heavy atom. The molecule has 0 saturated heterocycles. The Balaban J connectivity index is 2.89. The second-order valence-corrected chi connectivity index (χ2v) is 4.86. The van der Waals surface area contributed by atoms with Gasteiger partial charge >= 0.3 is 6.18 Å². The molecule has 0 spiro atoms. The Labute approximate surface area is 126 Å². The van der Waals surface area contributed by atoms with E-state index in [1.807, 2.05) is 13.8 Å². The zero-order valence-electron chi connectivity index (χ0n) is 12.0. The van der Waals surface area contributed by atoms with Crippen LogP contribution in [0.15, 0.2) is 12.3 Å². The number of pyridine rings is 1. The molecule has 0 aliphatic heterocycles. The number of alkyl halides is 3. The average molecular weight is 324 g/mol. The van der Waals surface area contributed by atoms with E-state index >= 15 is 0 Å². The highest BCUT2D eigenvalue weighted by Gasteiger charge is 2.32. The third-order valence-electron chi connectivity index (χ3n) is 3.00. The van der Waals surface area contributed by atoms with Crippen LogP contribution in [0.4, 0.5) is 19.0 Å². The van der Waals surface area contributed by atoms with Crippen LogP contribution in [0.2, 0.25) is 5.02 Å². The fourth-order valence-corrected chi connectivity index (χ4v) is 2.13. The van der Waals surface area contributed by atoms with Crippen LogP contribution in [0.3, 0.4) is 0 Å². The van der Waals surface area contributed by atoms with Gasteiger partial charge in [0.15, 0.2) is 0 Å². The van der Waals surface area contributed by atoms with Crippen LogP contribution in [0, 0.1) is 0 Å². The Kier molecular flexibility index (Phi) is 5.83. The number of carbonyl (C=O) groups excluding carboxylic acids is 1. The summed E-state index contributed by atoms with van der Waals surface area (Å²) in [6, 6.07) is 0.808. The Hall–Kier alpha value is -1.50. The predicted octanol–water partition coefficient (Wildman–Crippen LogP) is 3.06. The summed E-state index contributed by atoms with van der Waals surface area (Å²) in [5.74, 6) is 0.00503. The third-order valence-corrected chi connectivity index (χ3v) is 3.28. The van der Waals surface area contributed by atoms with Crippen molar-refractivity contribution < 1.29 is 18.0 Å². The lowest BCUT2D eigenvalue weighted by Gasteiger charge is -2.24. The maximum Gasteiger partial charge on any atom is 0.417 e. The summed E-state index contributed by atoms with van der Waals surface area (Å²) >= 11 is 5.83. The first kappa shape index (κ1) is 17.6. The fraction of sp³-hybridized carbons (Fsp3) is 0.538. The van der Waals surface area contributed by atoms with Crippen molar-refractivity contribution in [1.29, 1.82) is 0 Å². The molecular formula is C13H17ClF3N3O. The van der Waals surface area contributed by atoms with Gasteiger partial charge in [-0.3, -0.25) is 4.79 Å². The minimum atomic E-state index is -4.50. The number of hydrogen-bond donors (Lipinski definition) is 0. The Morgan fingerprint density at radius 1 is 1.33 bits per heavy atom. The van der Waals surface area contributed by atoms with E-state index in [-0.39, 0.29) is 23.3 Å². The number of aromatic nitrogens is 1. The second-order valence-electron chi connectivity index (χ2n) is 4.45. The van der Waals surface area contributed by atoms with Crippen LogP contribution in [-0.4, -0.2) is 42.5 Å². The lowest BCUT2D eigenvalue weighted by molar-refractivity contribution is -0.137. The molecule has 0 atom stereocenters. The molecule has 1 aromatic heterocycles. The third kappa shape index (κ3) is 4.49. The summed E-state index contributed by atoms with van der Waals surface area (Å²) in [4.78, 5) is 18.7. The molecule has 0 fully saturated rings. The summed E-state index contributed by atoms with van der Waals surface area (Å²) in [5.41, 5.74) is -0.917. The van der Waals surface area contributed by atoms with Gasteiger partial charge in [-0.15, -0.1) is 0 Å². The van der Waals surface area contributed by atoms with Crippen LogP contribution >= 0.6 is 11.6 Å². The highest BCUT2D eigenvalue weighted by molar-refractivity contribution is 6.33. The van der Waals surface area contributed by atoms with E-state index in [1.54, 1.807) is 11.9 Å². The van der Waals surface area contributed by atoms with Crippen LogP contribution < -0.4 is 4.90 Å². The zero-order valence-corrected chi connectivity index (χ0v) is 12.8. The minimum Gasteiger partial charge on any atom is -0.349 e. The lowest BCUT2D eigenvalue weighted by Crippen LogP contribution is -2.39. The van der Waals surface area contributed by atoms with Crippen molar-refractivity contribution in [2.24, 2.45) is 0 Å². The van der Waals surface area contributed by atoms with Gasteiger partial charge in [0.05, 0.1) is 17.1 Å². The van der Waals surface area contributed by atoms with Crippen LogP contribution in [-0.2, 0) is 11.0 Å². The molecule has 0 aromatic carbocycles. The summed E-state index contributed by atoms with van der Waals surface area (Å²) in [5, 5.41) is -0.139. The molecule has 1 rings (SSSR count). The smallest absolute Gasteiger partial charge is 0.349 e. The summed E-state index contributed by atoms with van der Waals surface area (Å²) < 4.78 is 37.6. The monoisotopic (exact) mass is 323 g/mol. The van der Waals surface area contributed by atoms with Crippen molar-refractivity contribution in [3.8, 4) is 0 Å². The van der Waals surface area contributed by atoms with Crippen molar-refractivity contribution >= 4 is 23.3 Å². The van der Waals surface area contributed by atoms with Gasteiger partial charge in [0.1, 0.15) is 5.82 Å². The first-order valence-corrected chi connectivity index (χ1v) is 6.80. The van der Waals surface area contributed by atoms with Crippen molar-refractivity contribution in [3.05, 3.63) is 22.8 Å². The first-order valence-electron chi connectivity index (χ1n) is 6.42. The molecule has 21 heavy (non-hydrogen) atoms. The molecule has 4 nitrogen and oxygen atoms in total. The average Bonchev–Trinajstić information content (AvgIpc) is 2.38. The van der Waals surface area contributed by atoms with E-state index in [1.165, 1.54) is 4.90 Å². The predicted molar refractivity (Wildman–Crippen MR) is 75.4 cm³/mol. The first-order chi connectivity index (χ1) is 9.70. The largest absolute Gasteiger partial charge is 0.417 e. The molecular weight excluding hydrogens is 307 g/mol. The molecule has 0 unspecified atom stereocenters. The van der Waals surface area contributed by atoms with Crippen molar-refractivity contribution in [2.45, 2.75) is 20.0 Å². The molecule has 0 N–H and O–H groups in total. The summed E-state index contributed by atoms with van der Waals surface area (Å²) in [6.45, 7) is 4.84. The molecule has 1 heterocycles. The highest BCUT2D eigenvalue weighted by Crippen LogP contribution is 2.33. The fourth-order valence-electron chi connectivity index (χ4n) is 1.82. The lowest BCUT2D eigenvalue weighted by atomic mass is 10.2. The summed E-state index contributed by atoms with van der Waals surface area (Å²) in [6.07, 6.45) is -3.79. The van der Waals surface area contributed by atoms with Crippen molar-refractivity contribution in [1.82, 2.24) is 9.88 Å². The van der Waals surface area contributed by atoms with Crippen molar-refractivity contribution in [3.63, 3.8) is 0 Å². The van der Waals surface area contributed by atoms with Gasteiger partial charge in [-0.1, -0.05) is 11.6 Å². The topological polar surface area (TPSA) is 36.4 Å². The zero-order chi connectivity index (χ0) is 16.2. The summed E-state index contributed by atoms with van der Waals surface area (Å²) in [7, 11) is 1.56.